The van der Waals surface area contributed by atoms with Gasteiger partial charge in [0.25, 0.3) is 0 Å². The molecule has 5 nitrogen and oxygen atoms in total. The topological polar surface area (TPSA) is 66.5 Å². The van der Waals surface area contributed by atoms with Crippen LogP contribution in [0.4, 0.5) is 11.4 Å². The van der Waals surface area contributed by atoms with E-state index in [4.69, 9.17) is 0 Å². The first kappa shape index (κ1) is 21.0. The highest BCUT2D eigenvalue weighted by molar-refractivity contribution is 7.92. The smallest absolute Gasteiger partial charge is 0.232 e. The van der Waals surface area contributed by atoms with Crippen LogP contribution in [0.1, 0.15) is 35.6 Å². The monoisotopic (exact) mass is 388 g/mol. The minimum atomic E-state index is -3.49. The van der Waals surface area contributed by atoms with Crippen LogP contribution in [-0.4, -0.2) is 27.1 Å². The van der Waals surface area contributed by atoms with E-state index in [1.807, 2.05) is 58.0 Å². The molecule has 0 atom stereocenters. The third kappa shape index (κ3) is 5.32. The van der Waals surface area contributed by atoms with Gasteiger partial charge in [-0.05, 0) is 49.9 Å². The largest absolute Gasteiger partial charge is 0.326 e. The van der Waals surface area contributed by atoms with Crippen molar-refractivity contribution in [3.8, 4) is 0 Å². The summed E-state index contributed by atoms with van der Waals surface area (Å²) in [4.78, 5) is 12.5. The molecule has 0 aliphatic heterocycles. The molecule has 146 valence electrons. The fourth-order valence-corrected chi connectivity index (χ4v) is 4.26. The van der Waals surface area contributed by atoms with Gasteiger partial charge in [0, 0.05) is 18.7 Å². The van der Waals surface area contributed by atoms with E-state index in [1.165, 1.54) is 10.6 Å². The van der Waals surface area contributed by atoms with E-state index in [1.54, 1.807) is 6.07 Å². The van der Waals surface area contributed by atoms with Crippen LogP contribution in [0.5, 0.6) is 0 Å². The Balaban J connectivity index is 2.18. The number of carbonyl (C=O) groups is 1. The van der Waals surface area contributed by atoms with Crippen molar-refractivity contribution in [2.45, 2.75) is 40.5 Å². The Bertz CT molecular complexity index is 913. The van der Waals surface area contributed by atoms with Crippen LogP contribution in [-0.2, 0) is 21.2 Å². The molecule has 0 bridgehead atoms. The number of amides is 1. The Kier molecular flexibility index (Phi) is 6.65. The molecule has 0 saturated carbocycles. The van der Waals surface area contributed by atoms with Gasteiger partial charge in [-0.25, -0.2) is 8.42 Å². The number of nitrogens with one attached hydrogen (secondary N) is 1. The number of para-hydroxylation sites is 1. The van der Waals surface area contributed by atoms with Crippen LogP contribution in [0.2, 0.25) is 0 Å². The predicted molar refractivity (Wildman–Crippen MR) is 112 cm³/mol. The van der Waals surface area contributed by atoms with Crippen LogP contribution >= 0.6 is 0 Å². The van der Waals surface area contributed by atoms with Crippen LogP contribution in [0.15, 0.2) is 36.4 Å². The summed E-state index contributed by atoms with van der Waals surface area (Å²) in [5.74, 6) is -0.201. The second kappa shape index (κ2) is 8.57. The molecule has 2 aromatic carbocycles. The first-order chi connectivity index (χ1) is 12.6. The number of sulfonamides is 1. The molecule has 27 heavy (non-hydrogen) atoms. The van der Waals surface area contributed by atoms with E-state index >= 15 is 0 Å². The normalized spacial score (nSPS) is 11.3. The van der Waals surface area contributed by atoms with Gasteiger partial charge < -0.3 is 5.32 Å². The van der Waals surface area contributed by atoms with Crippen molar-refractivity contribution in [1.29, 1.82) is 0 Å². The minimum absolute atomic E-state index is 0.0812. The van der Waals surface area contributed by atoms with Gasteiger partial charge in [0.15, 0.2) is 0 Å². The van der Waals surface area contributed by atoms with E-state index in [9.17, 15) is 13.2 Å². The Hall–Kier alpha value is -2.34. The van der Waals surface area contributed by atoms with Gasteiger partial charge in [-0.1, -0.05) is 42.8 Å². The van der Waals surface area contributed by atoms with Crippen molar-refractivity contribution >= 4 is 27.3 Å². The van der Waals surface area contributed by atoms with Crippen molar-refractivity contribution in [3.63, 3.8) is 0 Å². The molecule has 2 rings (SSSR count). The maximum atomic E-state index is 12.5. The number of nitrogens with zero attached hydrogens (tertiary/aromatic N) is 1. The second-order valence-corrected chi connectivity index (χ2v) is 8.80. The number of benzene rings is 2. The van der Waals surface area contributed by atoms with Crippen LogP contribution < -0.4 is 9.62 Å². The number of hydrogen-bond donors (Lipinski definition) is 1. The molecule has 2 aromatic rings. The zero-order valence-electron chi connectivity index (χ0n) is 16.7. The van der Waals surface area contributed by atoms with Gasteiger partial charge in [-0.2, -0.15) is 0 Å². The summed E-state index contributed by atoms with van der Waals surface area (Å²) >= 11 is 0. The standard InChI is InChI=1S/C21H28N2O3S/c1-6-18-9-7-8-10-19(18)23(27(5,25)26)12-11-20(24)22-21-16(3)13-15(2)14-17(21)4/h7-10,13-14H,6,11-12H2,1-5H3,(H,22,24). The van der Waals surface area contributed by atoms with Gasteiger partial charge in [-0.3, -0.25) is 9.10 Å². The van der Waals surface area contributed by atoms with Crippen LogP contribution in [0.3, 0.4) is 0 Å². The molecule has 0 unspecified atom stereocenters. The molecule has 1 N–H and O–H groups in total. The number of aryl methyl sites for hydroxylation is 4. The summed E-state index contributed by atoms with van der Waals surface area (Å²) in [5.41, 5.74) is 5.51. The molecule has 0 fully saturated rings. The first-order valence-corrected chi connectivity index (χ1v) is 10.9. The van der Waals surface area contributed by atoms with Crippen molar-refractivity contribution < 1.29 is 13.2 Å². The molecule has 0 aromatic heterocycles. The maximum Gasteiger partial charge on any atom is 0.232 e. The fourth-order valence-electron chi connectivity index (χ4n) is 3.30. The molecule has 0 aliphatic carbocycles. The lowest BCUT2D eigenvalue weighted by Gasteiger charge is -2.24. The summed E-state index contributed by atoms with van der Waals surface area (Å²) in [6, 6.07) is 11.4. The van der Waals surface area contributed by atoms with Crippen LogP contribution in [0.25, 0.3) is 0 Å². The lowest BCUT2D eigenvalue weighted by Crippen LogP contribution is -2.33. The Labute approximate surface area is 162 Å². The van der Waals surface area contributed by atoms with E-state index in [0.29, 0.717) is 5.69 Å². The highest BCUT2D eigenvalue weighted by Gasteiger charge is 2.21. The predicted octanol–water partition coefficient (Wildman–Crippen LogP) is 3.97. The summed E-state index contributed by atoms with van der Waals surface area (Å²) < 4.78 is 25.9. The minimum Gasteiger partial charge on any atom is -0.326 e. The summed E-state index contributed by atoms with van der Waals surface area (Å²) in [6.07, 6.45) is 1.97. The molecule has 1 amide bonds. The van der Waals surface area contributed by atoms with E-state index in [0.717, 1.165) is 34.4 Å². The van der Waals surface area contributed by atoms with Crippen LogP contribution in [0, 0.1) is 20.8 Å². The second-order valence-electron chi connectivity index (χ2n) is 6.89. The molecule has 6 heteroatoms. The summed E-state index contributed by atoms with van der Waals surface area (Å²) in [7, 11) is -3.49. The van der Waals surface area contributed by atoms with Gasteiger partial charge >= 0.3 is 0 Å². The molecular weight excluding hydrogens is 360 g/mol. The molecule has 0 spiro atoms. The zero-order chi connectivity index (χ0) is 20.2. The zero-order valence-corrected chi connectivity index (χ0v) is 17.5. The molecule has 0 saturated heterocycles. The Morgan fingerprint density at radius 2 is 1.67 bits per heavy atom. The van der Waals surface area contributed by atoms with Crippen molar-refractivity contribution in [2.75, 3.05) is 22.4 Å². The van der Waals surface area contributed by atoms with E-state index in [-0.39, 0.29) is 18.9 Å². The van der Waals surface area contributed by atoms with Crippen molar-refractivity contribution in [1.82, 2.24) is 0 Å². The fraction of sp³-hybridized carbons (Fsp3) is 0.381. The lowest BCUT2D eigenvalue weighted by molar-refractivity contribution is -0.116. The van der Waals surface area contributed by atoms with Gasteiger partial charge in [0.05, 0.1) is 11.9 Å². The van der Waals surface area contributed by atoms with Gasteiger partial charge in [0.1, 0.15) is 0 Å². The van der Waals surface area contributed by atoms with Gasteiger partial charge in [0.2, 0.25) is 15.9 Å². The number of carbonyl (C=O) groups excluding carboxylic acids is 1. The number of anilines is 2. The number of rotatable bonds is 7. The third-order valence-corrected chi connectivity index (χ3v) is 5.70. The molecule has 0 radical (unpaired) electrons. The van der Waals surface area contributed by atoms with E-state index in [2.05, 4.69) is 5.32 Å². The van der Waals surface area contributed by atoms with E-state index < -0.39 is 10.0 Å². The third-order valence-electron chi connectivity index (χ3n) is 4.52. The molecule has 0 heterocycles. The maximum absolute atomic E-state index is 12.5. The Morgan fingerprint density at radius 3 is 2.22 bits per heavy atom. The summed E-state index contributed by atoms with van der Waals surface area (Å²) in [6.45, 7) is 8.01. The summed E-state index contributed by atoms with van der Waals surface area (Å²) in [5, 5.41) is 2.93. The lowest BCUT2D eigenvalue weighted by atomic mass is 10.0. The first-order valence-electron chi connectivity index (χ1n) is 9.06. The Morgan fingerprint density at radius 1 is 1.07 bits per heavy atom. The highest BCUT2D eigenvalue weighted by atomic mass is 32.2. The quantitative estimate of drug-likeness (QED) is 0.780. The van der Waals surface area contributed by atoms with Crippen molar-refractivity contribution in [2.24, 2.45) is 0 Å². The van der Waals surface area contributed by atoms with Gasteiger partial charge in [-0.15, -0.1) is 0 Å². The van der Waals surface area contributed by atoms with Crippen molar-refractivity contribution in [3.05, 3.63) is 58.7 Å². The SMILES string of the molecule is CCc1ccccc1N(CCC(=O)Nc1c(C)cc(C)cc1C)S(C)(=O)=O. The molecular formula is C21H28N2O3S. The highest BCUT2D eigenvalue weighted by Crippen LogP contribution is 2.25. The number of hydrogen-bond acceptors (Lipinski definition) is 3. The average Bonchev–Trinajstić information content (AvgIpc) is 2.57. The average molecular weight is 389 g/mol. The molecule has 0 aliphatic rings.